The van der Waals surface area contributed by atoms with Crippen molar-refractivity contribution < 1.29 is 29.6 Å². The second-order valence-corrected chi connectivity index (χ2v) is 12.9. The van der Waals surface area contributed by atoms with Crippen LogP contribution in [0.3, 0.4) is 0 Å². The van der Waals surface area contributed by atoms with Crippen molar-refractivity contribution in [3.8, 4) is 11.5 Å². The summed E-state index contributed by atoms with van der Waals surface area (Å²) in [6.07, 6.45) is 3.11. The number of aromatic hydroxyl groups is 1. The molecule has 2 atom stereocenters. The quantitative estimate of drug-likeness (QED) is 0.164. The molecule has 0 radical (unpaired) electrons. The molecular formula is C37H49NO6. The van der Waals surface area contributed by atoms with E-state index < -0.39 is 17.9 Å². The van der Waals surface area contributed by atoms with Crippen molar-refractivity contribution in [1.82, 2.24) is 5.32 Å². The van der Waals surface area contributed by atoms with Crippen LogP contribution in [0.4, 0.5) is 0 Å². The van der Waals surface area contributed by atoms with Gasteiger partial charge in [-0.25, -0.2) is 4.79 Å². The molecule has 7 nitrogen and oxygen atoms in total. The number of carbonyl (C=O) groups excluding carboxylic acids is 1. The number of aliphatic carboxylic acids is 1. The van der Waals surface area contributed by atoms with E-state index in [1.165, 1.54) is 34.4 Å². The number of benzene rings is 3. The molecule has 3 aromatic rings. The van der Waals surface area contributed by atoms with Gasteiger partial charge in [0.2, 0.25) is 0 Å². The average Bonchev–Trinajstić information content (AvgIpc) is 2.97. The highest BCUT2D eigenvalue weighted by atomic mass is 16.5. The van der Waals surface area contributed by atoms with E-state index >= 15 is 0 Å². The van der Waals surface area contributed by atoms with Gasteiger partial charge in [-0.05, 0) is 96.5 Å². The number of amides is 1. The molecule has 0 heterocycles. The molecule has 0 spiro atoms. The summed E-state index contributed by atoms with van der Waals surface area (Å²) in [6, 6.07) is 17.9. The molecule has 3 aromatic carbocycles. The van der Waals surface area contributed by atoms with Crippen molar-refractivity contribution in [3.63, 3.8) is 0 Å². The van der Waals surface area contributed by atoms with Crippen LogP contribution in [-0.2, 0) is 27.8 Å². The molecule has 0 saturated carbocycles. The maximum atomic E-state index is 12.6. The summed E-state index contributed by atoms with van der Waals surface area (Å²) in [6.45, 7) is 14.4. The number of phenols is 1. The first kappa shape index (κ1) is 34.6. The Morgan fingerprint density at radius 2 is 1.48 bits per heavy atom. The van der Waals surface area contributed by atoms with E-state index in [4.69, 9.17) is 4.74 Å². The van der Waals surface area contributed by atoms with E-state index in [0.717, 1.165) is 31.2 Å². The van der Waals surface area contributed by atoms with E-state index in [1.54, 1.807) is 12.1 Å². The molecule has 0 aromatic heterocycles. The fraction of sp³-hybridized carbons (Fsp3) is 0.459. The highest BCUT2D eigenvalue weighted by Gasteiger charge is 2.32. The number of nitrogens with one attached hydrogen (secondary N) is 1. The van der Waals surface area contributed by atoms with Crippen LogP contribution in [-0.4, -0.2) is 45.9 Å². The first-order valence-electron chi connectivity index (χ1n) is 15.5. The largest absolute Gasteiger partial charge is 0.508 e. The Hall–Kier alpha value is -3.84. The van der Waals surface area contributed by atoms with E-state index in [9.17, 15) is 24.9 Å². The monoisotopic (exact) mass is 603 g/mol. The van der Waals surface area contributed by atoms with Crippen molar-refractivity contribution in [1.29, 1.82) is 0 Å². The van der Waals surface area contributed by atoms with Gasteiger partial charge in [0.15, 0.2) is 6.61 Å². The summed E-state index contributed by atoms with van der Waals surface area (Å²) in [5.74, 6) is -1.01. The molecule has 238 valence electrons. The molecule has 4 N–H and O–H groups in total. The Morgan fingerprint density at radius 1 is 0.886 bits per heavy atom. The van der Waals surface area contributed by atoms with Crippen LogP contribution in [0.5, 0.6) is 11.5 Å². The van der Waals surface area contributed by atoms with E-state index in [0.29, 0.717) is 11.3 Å². The van der Waals surface area contributed by atoms with E-state index in [2.05, 4.69) is 77.2 Å². The molecule has 0 saturated heterocycles. The zero-order valence-electron chi connectivity index (χ0n) is 27.2. The van der Waals surface area contributed by atoms with Crippen LogP contribution in [0.2, 0.25) is 0 Å². The zero-order valence-corrected chi connectivity index (χ0v) is 27.2. The van der Waals surface area contributed by atoms with Crippen molar-refractivity contribution in [2.24, 2.45) is 5.41 Å². The van der Waals surface area contributed by atoms with Gasteiger partial charge in [0.1, 0.15) is 17.5 Å². The minimum atomic E-state index is -1.15. The lowest BCUT2D eigenvalue weighted by Gasteiger charge is -2.34. The lowest BCUT2D eigenvalue weighted by molar-refractivity contribution is -0.142. The molecule has 0 aliphatic rings. The predicted octanol–water partition coefficient (Wildman–Crippen LogP) is 6.65. The zero-order chi connectivity index (χ0) is 32.7. The van der Waals surface area contributed by atoms with Gasteiger partial charge in [-0.15, -0.1) is 0 Å². The number of hydrogen-bond acceptors (Lipinski definition) is 5. The highest BCUT2D eigenvalue weighted by molar-refractivity contribution is 5.84. The molecule has 3 rings (SSSR count). The lowest BCUT2D eigenvalue weighted by atomic mass is 9.69. The van der Waals surface area contributed by atoms with Crippen LogP contribution >= 0.6 is 0 Å². The average molecular weight is 604 g/mol. The number of phenolic OH excluding ortho intramolecular Hbond substituents is 1. The van der Waals surface area contributed by atoms with E-state index in [1.807, 2.05) is 13.0 Å². The van der Waals surface area contributed by atoms with Gasteiger partial charge in [0.25, 0.3) is 5.91 Å². The Kier molecular flexibility index (Phi) is 11.6. The number of rotatable bonds is 14. The van der Waals surface area contributed by atoms with Gasteiger partial charge < -0.3 is 25.4 Å². The smallest absolute Gasteiger partial charge is 0.326 e. The minimum Gasteiger partial charge on any atom is -0.508 e. The van der Waals surface area contributed by atoms with Gasteiger partial charge in [-0.2, -0.15) is 0 Å². The summed E-state index contributed by atoms with van der Waals surface area (Å²) < 4.78 is 5.83. The van der Waals surface area contributed by atoms with Crippen LogP contribution in [0.25, 0.3) is 0 Å². The van der Waals surface area contributed by atoms with Crippen molar-refractivity contribution in [3.05, 3.63) is 94.0 Å². The maximum Gasteiger partial charge on any atom is 0.326 e. The Bertz CT molecular complexity index is 1420. The summed E-state index contributed by atoms with van der Waals surface area (Å²) in [4.78, 5) is 24.4. The van der Waals surface area contributed by atoms with Crippen LogP contribution in [0.1, 0.15) is 87.3 Å². The molecular weight excluding hydrogens is 554 g/mol. The first-order valence-corrected chi connectivity index (χ1v) is 15.5. The molecule has 0 aliphatic carbocycles. The SMILES string of the molecule is CCC(CC)(c1ccc(CC[C@H](O)C(C)(C)C)c(C)c1)c1ccc(OCC(=O)NC(Cc2ccc(O)cc2)C(=O)O)c(C)c1. The minimum absolute atomic E-state index is 0.0878. The second-order valence-electron chi connectivity index (χ2n) is 12.9. The molecule has 0 bridgehead atoms. The number of carboxylic acid groups (broad SMARTS) is 1. The van der Waals surface area contributed by atoms with Crippen LogP contribution in [0.15, 0.2) is 60.7 Å². The standard InChI is InChI=1S/C37H49NO6/c1-8-37(9-2,28-14-12-27(24(3)20-28)13-19-33(40)36(5,6)7)29-15-18-32(25(4)21-29)44-23-34(41)38-31(35(42)43)22-26-10-16-30(39)17-11-26/h10-12,14-18,20-21,31,33,39-40H,8-9,13,19,22-23H2,1-7H3,(H,38,41)(H,42,43)/t31?,33-/m0/s1. The number of ether oxygens (including phenoxy) is 1. The summed E-state index contributed by atoms with van der Waals surface area (Å²) >= 11 is 0. The molecule has 1 amide bonds. The maximum absolute atomic E-state index is 12.6. The fourth-order valence-electron chi connectivity index (χ4n) is 5.79. The number of hydrogen-bond donors (Lipinski definition) is 4. The molecule has 0 fully saturated rings. The number of carbonyl (C=O) groups is 2. The van der Waals surface area contributed by atoms with Crippen molar-refractivity contribution >= 4 is 11.9 Å². The molecule has 44 heavy (non-hydrogen) atoms. The number of aliphatic hydroxyl groups excluding tert-OH is 1. The first-order chi connectivity index (χ1) is 20.7. The van der Waals surface area contributed by atoms with Crippen molar-refractivity contribution in [2.45, 2.75) is 98.1 Å². The summed E-state index contributed by atoms with van der Waals surface area (Å²) in [7, 11) is 0. The van der Waals surface area contributed by atoms with Gasteiger partial charge in [0, 0.05) is 11.8 Å². The lowest BCUT2D eigenvalue weighted by Crippen LogP contribution is -2.44. The Balaban J connectivity index is 1.71. The molecule has 0 aliphatic heterocycles. The van der Waals surface area contributed by atoms with Crippen molar-refractivity contribution in [2.75, 3.05) is 6.61 Å². The van der Waals surface area contributed by atoms with Crippen LogP contribution < -0.4 is 10.1 Å². The molecule has 1 unspecified atom stereocenters. The normalized spacial score (nSPS) is 13.3. The van der Waals surface area contributed by atoms with Gasteiger partial charge in [-0.3, -0.25) is 4.79 Å². The Morgan fingerprint density at radius 3 is 2.00 bits per heavy atom. The number of carboxylic acids is 1. The van der Waals surface area contributed by atoms with Gasteiger partial charge >= 0.3 is 5.97 Å². The third-order valence-electron chi connectivity index (χ3n) is 8.88. The number of aliphatic hydroxyl groups is 1. The van der Waals surface area contributed by atoms with E-state index in [-0.39, 0.29) is 35.7 Å². The van der Waals surface area contributed by atoms with Gasteiger partial charge in [-0.1, -0.05) is 77.1 Å². The third-order valence-corrected chi connectivity index (χ3v) is 8.88. The van der Waals surface area contributed by atoms with Gasteiger partial charge in [0.05, 0.1) is 6.10 Å². The Labute approximate surface area is 262 Å². The summed E-state index contributed by atoms with van der Waals surface area (Å²) in [5.41, 5.74) is 6.14. The fourth-order valence-corrected chi connectivity index (χ4v) is 5.79. The second kappa shape index (κ2) is 14.8. The highest BCUT2D eigenvalue weighted by Crippen LogP contribution is 2.41. The third kappa shape index (κ3) is 8.63. The molecule has 7 heteroatoms. The topological polar surface area (TPSA) is 116 Å². The number of aryl methyl sites for hydroxylation is 3. The predicted molar refractivity (Wildman–Crippen MR) is 174 cm³/mol. The van der Waals surface area contributed by atoms with Crippen LogP contribution in [0, 0.1) is 19.3 Å². The summed E-state index contributed by atoms with van der Waals surface area (Å²) in [5, 5.41) is 32.1.